The second kappa shape index (κ2) is 21.2. The van der Waals surface area contributed by atoms with E-state index in [-0.39, 0.29) is 11.9 Å². The van der Waals surface area contributed by atoms with Crippen molar-refractivity contribution in [3.63, 3.8) is 0 Å². The normalized spacial score (nSPS) is 10.7. The number of carbonyl (C=O) groups is 2. The lowest BCUT2D eigenvalue weighted by Gasteiger charge is -2.06. The van der Waals surface area contributed by atoms with E-state index in [4.69, 9.17) is 9.47 Å². The Bertz CT molecular complexity index is 341. The lowest BCUT2D eigenvalue weighted by molar-refractivity contribution is -0.145. The molecule has 0 heterocycles. The fraction of sp³-hybridized carbons (Fsp3) is 0.913. The van der Waals surface area contributed by atoms with Crippen LogP contribution in [0.1, 0.15) is 123 Å². The summed E-state index contributed by atoms with van der Waals surface area (Å²) >= 11 is 0. The highest BCUT2D eigenvalue weighted by Crippen LogP contribution is 2.12. The molecule has 0 unspecified atom stereocenters. The molecule has 0 aromatic rings. The van der Waals surface area contributed by atoms with Gasteiger partial charge in [-0.2, -0.15) is 0 Å². The van der Waals surface area contributed by atoms with Crippen LogP contribution in [0.3, 0.4) is 0 Å². The third kappa shape index (κ3) is 21.1. The quantitative estimate of drug-likeness (QED) is 0.172. The number of unbranched alkanes of at least 4 members (excludes halogenated alkanes) is 12. The molecule has 0 saturated carbocycles. The summed E-state index contributed by atoms with van der Waals surface area (Å²) < 4.78 is 10.3. The van der Waals surface area contributed by atoms with Crippen LogP contribution >= 0.6 is 0 Å². The number of hydrogen-bond acceptors (Lipinski definition) is 4. The Balaban J connectivity index is 3.24. The summed E-state index contributed by atoms with van der Waals surface area (Å²) in [4.78, 5) is 23.0. The van der Waals surface area contributed by atoms with Crippen molar-refractivity contribution in [3.8, 4) is 0 Å². The highest BCUT2D eigenvalue weighted by atomic mass is 16.5. The fourth-order valence-electron chi connectivity index (χ4n) is 2.98. The van der Waals surface area contributed by atoms with Crippen molar-refractivity contribution in [3.05, 3.63) is 0 Å². The topological polar surface area (TPSA) is 52.6 Å². The summed E-state index contributed by atoms with van der Waals surface area (Å²) in [5.41, 5.74) is 0. The minimum atomic E-state index is -0.211. The predicted octanol–water partition coefficient (Wildman–Crippen LogP) is 6.74. The third-order valence-electron chi connectivity index (χ3n) is 4.78. The van der Waals surface area contributed by atoms with Gasteiger partial charge in [0.15, 0.2) is 0 Å². The van der Waals surface area contributed by atoms with Crippen LogP contribution in [0.5, 0.6) is 0 Å². The van der Waals surface area contributed by atoms with E-state index in [1.54, 1.807) is 0 Å². The summed E-state index contributed by atoms with van der Waals surface area (Å²) in [6, 6.07) is 0. The van der Waals surface area contributed by atoms with Crippen LogP contribution in [0.15, 0.2) is 0 Å². The van der Waals surface area contributed by atoms with Crippen LogP contribution in [-0.2, 0) is 19.1 Å². The Kier molecular flexibility index (Phi) is 20.4. The molecule has 0 radical (unpaired) electrons. The number of hydrogen-bond donors (Lipinski definition) is 0. The van der Waals surface area contributed by atoms with E-state index >= 15 is 0 Å². The Morgan fingerprint density at radius 1 is 0.481 bits per heavy atom. The largest absolute Gasteiger partial charge is 0.466 e. The molecule has 0 fully saturated rings. The zero-order chi connectivity index (χ0) is 20.0. The molecule has 0 N–H and O–H groups in total. The molecule has 0 aromatic carbocycles. The first kappa shape index (κ1) is 25.9. The predicted molar refractivity (Wildman–Crippen MR) is 112 cm³/mol. The van der Waals surface area contributed by atoms with E-state index in [0.717, 1.165) is 25.7 Å². The molecular weight excluding hydrogens is 340 g/mol. The molecule has 4 nitrogen and oxygen atoms in total. The van der Waals surface area contributed by atoms with Crippen molar-refractivity contribution in [1.82, 2.24) is 0 Å². The molecular formula is C23H44O4. The van der Waals surface area contributed by atoms with Crippen LogP contribution < -0.4 is 0 Å². The van der Waals surface area contributed by atoms with Gasteiger partial charge in [-0.15, -0.1) is 0 Å². The highest BCUT2D eigenvalue weighted by molar-refractivity contribution is 5.72. The Morgan fingerprint density at radius 2 is 0.852 bits per heavy atom. The van der Waals surface area contributed by atoms with Crippen LogP contribution in [0, 0.1) is 0 Å². The third-order valence-corrected chi connectivity index (χ3v) is 4.78. The van der Waals surface area contributed by atoms with E-state index < -0.39 is 0 Å². The average Bonchev–Trinajstić information content (AvgIpc) is 2.65. The molecule has 0 aromatic heterocycles. The molecule has 0 aliphatic carbocycles. The van der Waals surface area contributed by atoms with Crippen LogP contribution in [0.4, 0.5) is 0 Å². The van der Waals surface area contributed by atoms with Gasteiger partial charge in [0.1, 0.15) is 0 Å². The molecule has 4 heteroatoms. The summed E-state index contributed by atoms with van der Waals surface area (Å²) in [7, 11) is 0. The second-order valence-electron chi connectivity index (χ2n) is 7.54. The number of ether oxygens (including phenoxy) is 2. The lowest BCUT2D eigenvalue weighted by atomic mass is 10.1. The molecule has 0 saturated heterocycles. The minimum Gasteiger partial charge on any atom is -0.466 e. The van der Waals surface area contributed by atoms with Gasteiger partial charge in [-0.3, -0.25) is 9.59 Å². The molecule has 0 amide bonds. The zero-order valence-electron chi connectivity index (χ0n) is 18.1. The van der Waals surface area contributed by atoms with E-state index in [1.165, 1.54) is 64.2 Å². The van der Waals surface area contributed by atoms with Gasteiger partial charge in [0.05, 0.1) is 13.2 Å². The molecule has 0 bridgehead atoms. The Hall–Kier alpha value is -1.06. The van der Waals surface area contributed by atoms with E-state index in [1.807, 2.05) is 0 Å². The van der Waals surface area contributed by atoms with Crippen LogP contribution in [0.25, 0.3) is 0 Å². The monoisotopic (exact) mass is 384 g/mol. The van der Waals surface area contributed by atoms with Gasteiger partial charge in [0.2, 0.25) is 0 Å². The van der Waals surface area contributed by atoms with Crippen molar-refractivity contribution < 1.29 is 19.1 Å². The first-order valence-electron chi connectivity index (χ1n) is 11.5. The SMILES string of the molecule is CCCCCCCCCCCCCCOC(=O)CCCC(=O)OCCCC. The lowest BCUT2D eigenvalue weighted by Crippen LogP contribution is -2.09. The first-order valence-corrected chi connectivity index (χ1v) is 11.5. The number of carbonyl (C=O) groups excluding carboxylic acids is 2. The second-order valence-corrected chi connectivity index (χ2v) is 7.54. The maximum Gasteiger partial charge on any atom is 0.305 e. The molecule has 0 atom stereocenters. The summed E-state index contributed by atoms with van der Waals surface area (Å²) in [5.74, 6) is -0.406. The van der Waals surface area contributed by atoms with Crippen molar-refractivity contribution in [1.29, 1.82) is 0 Å². The molecule has 0 aliphatic rings. The number of esters is 2. The Morgan fingerprint density at radius 3 is 1.30 bits per heavy atom. The maximum atomic E-state index is 11.6. The zero-order valence-corrected chi connectivity index (χ0v) is 18.1. The van der Waals surface area contributed by atoms with Crippen molar-refractivity contribution in [2.45, 2.75) is 123 Å². The van der Waals surface area contributed by atoms with Crippen molar-refractivity contribution in [2.75, 3.05) is 13.2 Å². The van der Waals surface area contributed by atoms with E-state index in [9.17, 15) is 9.59 Å². The summed E-state index contributed by atoms with van der Waals surface area (Å²) in [6.07, 6.45) is 18.6. The maximum absolute atomic E-state index is 11.6. The highest BCUT2D eigenvalue weighted by Gasteiger charge is 2.07. The summed E-state index contributed by atoms with van der Waals surface area (Å²) in [6.45, 7) is 5.31. The standard InChI is InChI=1S/C23H44O4/c1-3-5-7-8-9-10-11-12-13-14-15-16-21-27-23(25)19-17-18-22(24)26-20-6-4-2/h3-21H2,1-2H3. The van der Waals surface area contributed by atoms with Gasteiger partial charge in [0, 0.05) is 12.8 Å². The summed E-state index contributed by atoms with van der Waals surface area (Å²) in [5, 5.41) is 0. The minimum absolute atomic E-state index is 0.195. The van der Waals surface area contributed by atoms with Gasteiger partial charge < -0.3 is 9.47 Å². The first-order chi connectivity index (χ1) is 13.2. The smallest absolute Gasteiger partial charge is 0.305 e. The van der Waals surface area contributed by atoms with E-state index in [2.05, 4.69) is 13.8 Å². The van der Waals surface area contributed by atoms with Gasteiger partial charge >= 0.3 is 11.9 Å². The van der Waals surface area contributed by atoms with Crippen molar-refractivity contribution in [2.24, 2.45) is 0 Å². The van der Waals surface area contributed by atoms with Gasteiger partial charge in [0.25, 0.3) is 0 Å². The molecule has 0 aliphatic heterocycles. The van der Waals surface area contributed by atoms with Crippen molar-refractivity contribution >= 4 is 11.9 Å². The van der Waals surface area contributed by atoms with Gasteiger partial charge in [-0.25, -0.2) is 0 Å². The van der Waals surface area contributed by atoms with Gasteiger partial charge in [-0.1, -0.05) is 90.9 Å². The number of rotatable bonds is 20. The fourth-order valence-corrected chi connectivity index (χ4v) is 2.98. The van der Waals surface area contributed by atoms with Crippen LogP contribution in [-0.4, -0.2) is 25.2 Å². The molecule has 0 spiro atoms. The van der Waals surface area contributed by atoms with Crippen LogP contribution in [0.2, 0.25) is 0 Å². The average molecular weight is 385 g/mol. The molecule has 160 valence electrons. The van der Waals surface area contributed by atoms with Gasteiger partial charge in [-0.05, 0) is 19.3 Å². The van der Waals surface area contributed by atoms with E-state index in [0.29, 0.717) is 32.5 Å². The Labute approximate surface area is 167 Å². The molecule has 27 heavy (non-hydrogen) atoms. The molecule has 0 rings (SSSR count).